The van der Waals surface area contributed by atoms with Gasteiger partial charge in [-0.15, -0.1) is 11.3 Å². The molecule has 150 valence electrons. The monoisotopic (exact) mass is 418 g/mol. The van der Waals surface area contributed by atoms with Crippen molar-refractivity contribution in [2.45, 2.75) is 18.4 Å². The first-order valence-electron chi connectivity index (χ1n) is 9.38. The van der Waals surface area contributed by atoms with E-state index in [1.54, 1.807) is 11.4 Å². The number of carboxylic acids is 1. The van der Waals surface area contributed by atoms with Crippen LogP contribution in [0.25, 0.3) is 11.1 Å². The Bertz CT molecular complexity index is 1100. The van der Waals surface area contributed by atoms with Crippen LogP contribution in [-0.4, -0.2) is 29.8 Å². The van der Waals surface area contributed by atoms with Crippen LogP contribution >= 0.6 is 11.3 Å². The molecular formula is C23H18N2O4S. The standard InChI is InChI=1S/C23H18N2O4S/c24-11-14-9-15(30-13-14)10-21(22(26)27)25-23(28)29-12-20-18-7-3-1-5-16(18)17-6-2-4-8-19(17)20/h1-9,13,20-21H,10,12H2,(H,25,28)(H,26,27). The van der Waals surface area contributed by atoms with Crippen LogP contribution in [-0.2, 0) is 16.0 Å². The molecule has 1 heterocycles. The normalized spacial score (nSPS) is 13.0. The molecule has 0 saturated heterocycles. The van der Waals surface area contributed by atoms with E-state index < -0.39 is 18.1 Å². The zero-order chi connectivity index (χ0) is 21.1. The molecule has 1 amide bonds. The van der Waals surface area contributed by atoms with Crippen LogP contribution in [0, 0.1) is 11.3 Å². The van der Waals surface area contributed by atoms with Crippen molar-refractivity contribution >= 4 is 23.4 Å². The van der Waals surface area contributed by atoms with E-state index in [-0.39, 0.29) is 18.9 Å². The molecule has 4 rings (SSSR count). The lowest BCUT2D eigenvalue weighted by Crippen LogP contribution is -2.42. The Morgan fingerprint density at radius 3 is 2.33 bits per heavy atom. The fraction of sp³-hybridized carbons (Fsp3) is 0.174. The fourth-order valence-corrected chi connectivity index (χ4v) is 4.59. The lowest BCUT2D eigenvalue weighted by molar-refractivity contribution is -0.139. The molecule has 1 aliphatic carbocycles. The summed E-state index contributed by atoms with van der Waals surface area (Å²) in [6, 6.07) is 18.5. The van der Waals surface area contributed by atoms with Gasteiger partial charge in [0.05, 0.1) is 5.56 Å². The number of rotatable bonds is 6. The van der Waals surface area contributed by atoms with Gasteiger partial charge < -0.3 is 15.2 Å². The third-order valence-corrected chi connectivity index (χ3v) is 6.08. The van der Waals surface area contributed by atoms with Gasteiger partial charge in [0.2, 0.25) is 0 Å². The van der Waals surface area contributed by atoms with E-state index in [0.717, 1.165) is 22.3 Å². The molecule has 2 N–H and O–H groups in total. The summed E-state index contributed by atoms with van der Waals surface area (Å²) in [5.41, 5.74) is 4.89. The van der Waals surface area contributed by atoms with Gasteiger partial charge in [0.1, 0.15) is 18.7 Å². The molecule has 30 heavy (non-hydrogen) atoms. The number of benzene rings is 2. The fourth-order valence-electron chi connectivity index (χ4n) is 3.73. The van der Waals surface area contributed by atoms with Crippen molar-refractivity contribution in [3.05, 3.63) is 81.5 Å². The van der Waals surface area contributed by atoms with Crippen molar-refractivity contribution in [1.82, 2.24) is 5.32 Å². The zero-order valence-corrected chi connectivity index (χ0v) is 16.7. The van der Waals surface area contributed by atoms with Crippen molar-refractivity contribution in [2.24, 2.45) is 0 Å². The molecule has 1 unspecified atom stereocenters. The Labute approximate surface area is 177 Å². The number of alkyl carbamates (subject to hydrolysis) is 1. The predicted octanol–water partition coefficient (Wildman–Crippen LogP) is 4.15. The summed E-state index contributed by atoms with van der Waals surface area (Å²) in [6.45, 7) is 0.115. The number of nitrogens with one attached hydrogen (secondary N) is 1. The maximum absolute atomic E-state index is 12.3. The van der Waals surface area contributed by atoms with Gasteiger partial charge in [-0.2, -0.15) is 5.26 Å². The number of hydrogen-bond acceptors (Lipinski definition) is 5. The highest BCUT2D eigenvalue weighted by Gasteiger charge is 2.29. The second-order valence-electron chi connectivity index (χ2n) is 6.98. The van der Waals surface area contributed by atoms with Crippen molar-refractivity contribution in [3.63, 3.8) is 0 Å². The van der Waals surface area contributed by atoms with Crippen LogP contribution in [0.2, 0.25) is 0 Å². The van der Waals surface area contributed by atoms with Crippen LogP contribution in [0.4, 0.5) is 4.79 Å². The Morgan fingerprint density at radius 1 is 1.13 bits per heavy atom. The summed E-state index contributed by atoms with van der Waals surface area (Å²) in [7, 11) is 0. The quantitative estimate of drug-likeness (QED) is 0.626. The number of carboxylic acid groups (broad SMARTS) is 1. The number of nitriles is 1. The zero-order valence-electron chi connectivity index (χ0n) is 15.9. The summed E-state index contributed by atoms with van der Waals surface area (Å²) in [5, 5.41) is 22.4. The van der Waals surface area contributed by atoms with Crippen molar-refractivity contribution in [2.75, 3.05) is 6.61 Å². The lowest BCUT2D eigenvalue weighted by Gasteiger charge is -2.17. The second kappa shape index (κ2) is 8.39. The number of carbonyl (C=O) groups excluding carboxylic acids is 1. The van der Waals surface area contributed by atoms with Gasteiger partial charge in [0.25, 0.3) is 0 Å². The Balaban J connectivity index is 1.43. The molecule has 2 aromatic carbocycles. The molecule has 0 radical (unpaired) electrons. The third-order valence-electron chi connectivity index (χ3n) is 5.12. The average Bonchev–Trinajstić information content (AvgIpc) is 3.34. The first-order valence-corrected chi connectivity index (χ1v) is 10.3. The highest BCUT2D eigenvalue weighted by Crippen LogP contribution is 2.44. The van der Waals surface area contributed by atoms with Gasteiger partial charge in [0, 0.05) is 22.6 Å². The van der Waals surface area contributed by atoms with E-state index in [1.165, 1.54) is 11.3 Å². The number of aliphatic carboxylic acids is 1. The van der Waals surface area contributed by atoms with Gasteiger partial charge in [-0.1, -0.05) is 48.5 Å². The van der Waals surface area contributed by atoms with Gasteiger partial charge in [-0.25, -0.2) is 9.59 Å². The van der Waals surface area contributed by atoms with Gasteiger partial charge in [-0.3, -0.25) is 0 Å². The molecular weight excluding hydrogens is 400 g/mol. The molecule has 0 aliphatic heterocycles. The van der Waals surface area contributed by atoms with E-state index in [4.69, 9.17) is 10.00 Å². The molecule has 1 atom stereocenters. The predicted molar refractivity (Wildman–Crippen MR) is 112 cm³/mol. The minimum atomic E-state index is -1.16. The van der Waals surface area contributed by atoms with Crippen LogP contribution < -0.4 is 5.32 Å². The number of nitrogens with zero attached hydrogens (tertiary/aromatic N) is 1. The Kier molecular flexibility index (Phi) is 5.50. The third kappa shape index (κ3) is 3.91. The topological polar surface area (TPSA) is 99.4 Å². The number of ether oxygens (including phenoxy) is 1. The van der Waals surface area contributed by atoms with E-state index in [2.05, 4.69) is 5.32 Å². The first-order chi connectivity index (χ1) is 14.6. The molecule has 1 aromatic heterocycles. The van der Waals surface area contributed by atoms with E-state index >= 15 is 0 Å². The van der Waals surface area contributed by atoms with Crippen LogP contribution in [0.15, 0.2) is 60.0 Å². The molecule has 1 aliphatic rings. The minimum absolute atomic E-state index is 0.0892. The molecule has 6 nitrogen and oxygen atoms in total. The number of fused-ring (bicyclic) bond motifs is 3. The van der Waals surface area contributed by atoms with E-state index in [0.29, 0.717) is 10.4 Å². The Hall–Kier alpha value is -3.63. The number of thiophene rings is 1. The highest BCUT2D eigenvalue weighted by molar-refractivity contribution is 7.10. The molecule has 0 fully saturated rings. The molecule has 0 spiro atoms. The van der Waals surface area contributed by atoms with Crippen molar-refractivity contribution < 1.29 is 19.4 Å². The van der Waals surface area contributed by atoms with Crippen LogP contribution in [0.3, 0.4) is 0 Å². The minimum Gasteiger partial charge on any atom is -0.480 e. The number of amides is 1. The van der Waals surface area contributed by atoms with E-state index in [1.807, 2.05) is 54.6 Å². The largest absolute Gasteiger partial charge is 0.480 e. The van der Waals surface area contributed by atoms with Crippen molar-refractivity contribution in [1.29, 1.82) is 5.26 Å². The maximum Gasteiger partial charge on any atom is 0.407 e. The Morgan fingerprint density at radius 2 is 1.77 bits per heavy atom. The molecule has 0 saturated carbocycles. The second-order valence-corrected chi connectivity index (χ2v) is 7.97. The molecule has 3 aromatic rings. The van der Waals surface area contributed by atoms with E-state index in [9.17, 15) is 14.7 Å². The van der Waals surface area contributed by atoms with Gasteiger partial charge >= 0.3 is 12.1 Å². The molecule has 0 bridgehead atoms. The van der Waals surface area contributed by atoms with Crippen LogP contribution in [0.1, 0.15) is 27.5 Å². The smallest absolute Gasteiger partial charge is 0.407 e. The lowest BCUT2D eigenvalue weighted by atomic mass is 9.98. The van der Waals surface area contributed by atoms with Gasteiger partial charge in [-0.05, 0) is 28.3 Å². The number of carbonyl (C=O) groups is 2. The van der Waals surface area contributed by atoms with Gasteiger partial charge in [0.15, 0.2) is 0 Å². The first kappa shape index (κ1) is 19.7. The SMILES string of the molecule is N#Cc1csc(CC(NC(=O)OCC2c3ccccc3-c3ccccc32)C(=O)O)c1. The summed E-state index contributed by atoms with van der Waals surface area (Å²) < 4.78 is 5.42. The number of hydrogen-bond donors (Lipinski definition) is 2. The summed E-state index contributed by atoms with van der Waals surface area (Å²) in [5.74, 6) is -1.25. The summed E-state index contributed by atoms with van der Waals surface area (Å²) >= 11 is 1.29. The van der Waals surface area contributed by atoms with Crippen LogP contribution in [0.5, 0.6) is 0 Å². The highest BCUT2D eigenvalue weighted by atomic mass is 32.1. The molecule has 7 heteroatoms. The average molecular weight is 418 g/mol. The summed E-state index contributed by atoms with van der Waals surface area (Å²) in [4.78, 5) is 24.6. The van der Waals surface area contributed by atoms with Crippen molar-refractivity contribution in [3.8, 4) is 17.2 Å². The maximum atomic E-state index is 12.3. The summed E-state index contributed by atoms with van der Waals surface area (Å²) in [6.07, 6.45) is -0.687.